The highest BCUT2D eigenvalue weighted by Crippen LogP contribution is 2.02. The fraction of sp³-hybridized carbons (Fsp3) is 0.750. The van der Waals surface area contributed by atoms with E-state index in [4.69, 9.17) is 4.74 Å². The number of ether oxygens (including phenoxy) is 1. The van der Waals surface area contributed by atoms with Gasteiger partial charge in [-0.1, -0.05) is 0 Å². The predicted molar refractivity (Wildman–Crippen MR) is 46.1 cm³/mol. The number of nitrogens with one attached hydrogen (secondary N) is 1. The predicted octanol–water partition coefficient (Wildman–Crippen LogP) is -1.02. The Morgan fingerprint density at radius 3 is 3.15 bits per heavy atom. The quantitative estimate of drug-likeness (QED) is 0.453. The molecule has 1 heterocycles. The van der Waals surface area contributed by atoms with Crippen molar-refractivity contribution in [3.05, 3.63) is 0 Å². The molecule has 0 aromatic rings. The highest BCUT2D eigenvalue weighted by Gasteiger charge is 2.28. The summed E-state index contributed by atoms with van der Waals surface area (Å²) in [4.78, 5) is 23.3. The molecule has 0 aromatic heterocycles. The minimum absolute atomic E-state index is 0.332. The number of piperazine rings is 1. The van der Waals surface area contributed by atoms with Crippen LogP contribution in [0.1, 0.15) is 6.92 Å². The molecule has 0 bridgehead atoms. The van der Waals surface area contributed by atoms with E-state index in [2.05, 4.69) is 5.32 Å². The number of rotatable bonds is 3. The van der Waals surface area contributed by atoms with E-state index in [0.29, 0.717) is 26.1 Å². The summed E-state index contributed by atoms with van der Waals surface area (Å²) >= 11 is 0. The SMILES string of the molecule is CCOC(=O)C1CNCCN1C=O. The van der Waals surface area contributed by atoms with Crippen LogP contribution in [-0.4, -0.2) is 49.6 Å². The highest BCUT2D eigenvalue weighted by atomic mass is 16.5. The molecule has 0 spiro atoms. The molecule has 1 aliphatic rings. The van der Waals surface area contributed by atoms with E-state index in [0.717, 1.165) is 6.54 Å². The van der Waals surface area contributed by atoms with Gasteiger partial charge in [0.05, 0.1) is 6.61 Å². The van der Waals surface area contributed by atoms with E-state index < -0.39 is 6.04 Å². The maximum atomic E-state index is 11.3. The van der Waals surface area contributed by atoms with Gasteiger partial charge in [-0.15, -0.1) is 0 Å². The van der Waals surface area contributed by atoms with Gasteiger partial charge in [-0.25, -0.2) is 4.79 Å². The Hall–Kier alpha value is -1.10. The standard InChI is InChI=1S/C8H14N2O3/c1-2-13-8(12)7-5-9-3-4-10(7)6-11/h6-7,9H,2-5H2,1H3. The minimum Gasteiger partial charge on any atom is -0.464 e. The van der Waals surface area contributed by atoms with Crippen LogP contribution in [0.5, 0.6) is 0 Å². The second-order valence-corrected chi connectivity index (χ2v) is 2.82. The van der Waals surface area contributed by atoms with Gasteiger partial charge in [0.2, 0.25) is 6.41 Å². The van der Waals surface area contributed by atoms with Crippen molar-refractivity contribution in [1.29, 1.82) is 0 Å². The molecule has 1 atom stereocenters. The van der Waals surface area contributed by atoms with E-state index >= 15 is 0 Å². The van der Waals surface area contributed by atoms with Gasteiger partial charge < -0.3 is 15.0 Å². The molecule has 0 aromatic carbocycles. The lowest BCUT2D eigenvalue weighted by atomic mass is 10.2. The van der Waals surface area contributed by atoms with Crippen molar-refractivity contribution in [1.82, 2.24) is 10.2 Å². The van der Waals surface area contributed by atoms with Crippen LogP contribution in [0.4, 0.5) is 0 Å². The summed E-state index contributed by atoms with van der Waals surface area (Å²) in [6, 6.07) is -0.453. The van der Waals surface area contributed by atoms with E-state index in [1.165, 1.54) is 4.90 Å². The number of esters is 1. The molecule has 0 radical (unpaired) electrons. The summed E-state index contributed by atoms with van der Waals surface area (Å²) in [7, 11) is 0. The van der Waals surface area contributed by atoms with Crippen molar-refractivity contribution in [3.63, 3.8) is 0 Å². The van der Waals surface area contributed by atoms with E-state index in [9.17, 15) is 9.59 Å². The minimum atomic E-state index is -0.453. The third-order valence-corrected chi connectivity index (χ3v) is 1.98. The Morgan fingerprint density at radius 2 is 2.54 bits per heavy atom. The normalized spacial score (nSPS) is 22.5. The van der Waals surface area contributed by atoms with Gasteiger partial charge in [0.1, 0.15) is 6.04 Å². The molecule has 5 heteroatoms. The van der Waals surface area contributed by atoms with Crippen LogP contribution < -0.4 is 5.32 Å². The second-order valence-electron chi connectivity index (χ2n) is 2.82. The fourth-order valence-corrected chi connectivity index (χ4v) is 1.30. The first-order valence-corrected chi connectivity index (χ1v) is 4.38. The molecule has 1 N–H and O–H groups in total. The third-order valence-electron chi connectivity index (χ3n) is 1.98. The van der Waals surface area contributed by atoms with Crippen LogP contribution in [0.25, 0.3) is 0 Å². The lowest BCUT2D eigenvalue weighted by Gasteiger charge is -2.31. The highest BCUT2D eigenvalue weighted by molar-refractivity contribution is 5.78. The first kappa shape index (κ1) is 9.98. The van der Waals surface area contributed by atoms with Crippen molar-refractivity contribution >= 4 is 12.4 Å². The Labute approximate surface area is 77.0 Å². The molecule has 74 valence electrons. The summed E-state index contributed by atoms with van der Waals surface area (Å²) in [5, 5.41) is 3.04. The van der Waals surface area contributed by atoms with Gasteiger partial charge in [-0.3, -0.25) is 4.79 Å². The summed E-state index contributed by atoms with van der Waals surface area (Å²) in [5.41, 5.74) is 0. The first-order chi connectivity index (χ1) is 6.29. The zero-order valence-corrected chi connectivity index (χ0v) is 7.66. The molecule has 1 aliphatic heterocycles. The van der Waals surface area contributed by atoms with Gasteiger partial charge >= 0.3 is 5.97 Å². The molecule has 1 rings (SSSR count). The molecule has 13 heavy (non-hydrogen) atoms. The number of hydrogen-bond acceptors (Lipinski definition) is 4. The molecule has 0 aliphatic carbocycles. The van der Waals surface area contributed by atoms with Crippen LogP contribution >= 0.6 is 0 Å². The zero-order valence-electron chi connectivity index (χ0n) is 7.66. The molecule has 1 unspecified atom stereocenters. The first-order valence-electron chi connectivity index (χ1n) is 4.38. The number of hydrogen-bond donors (Lipinski definition) is 1. The zero-order chi connectivity index (χ0) is 9.68. The van der Waals surface area contributed by atoms with Crippen molar-refractivity contribution in [2.75, 3.05) is 26.2 Å². The monoisotopic (exact) mass is 186 g/mol. The number of nitrogens with zero attached hydrogens (tertiary/aromatic N) is 1. The number of carbonyl (C=O) groups excluding carboxylic acids is 2. The van der Waals surface area contributed by atoms with Gasteiger partial charge in [0.15, 0.2) is 0 Å². The second kappa shape index (κ2) is 4.81. The molecule has 5 nitrogen and oxygen atoms in total. The van der Waals surface area contributed by atoms with E-state index in [1.807, 2.05) is 0 Å². The van der Waals surface area contributed by atoms with Gasteiger partial charge in [0.25, 0.3) is 0 Å². The van der Waals surface area contributed by atoms with Crippen LogP contribution in [0.15, 0.2) is 0 Å². The topological polar surface area (TPSA) is 58.6 Å². The smallest absolute Gasteiger partial charge is 0.330 e. The van der Waals surface area contributed by atoms with Gasteiger partial charge in [0, 0.05) is 19.6 Å². The molecular formula is C8H14N2O3. The average molecular weight is 186 g/mol. The van der Waals surface area contributed by atoms with Gasteiger partial charge in [-0.2, -0.15) is 0 Å². The lowest BCUT2D eigenvalue weighted by Crippen LogP contribution is -2.54. The number of amides is 1. The van der Waals surface area contributed by atoms with Crippen LogP contribution in [-0.2, 0) is 14.3 Å². The largest absolute Gasteiger partial charge is 0.464 e. The third kappa shape index (κ3) is 2.42. The average Bonchev–Trinajstić information content (AvgIpc) is 2.18. The molecule has 1 amide bonds. The summed E-state index contributed by atoms with van der Waals surface area (Å²) in [6.07, 6.45) is 0.697. The van der Waals surface area contributed by atoms with Gasteiger partial charge in [-0.05, 0) is 6.92 Å². The fourth-order valence-electron chi connectivity index (χ4n) is 1.30. The summed E-state index contributed by atoms with van der Waals surface area (Å²) in [5.74, 6) is -0.332. The van der Waals surface area contributed by atoms with Crippen molar-refractivity contribution in [2.24, 2.45) is 0 Å². The van der Waals surface area contributed by atoms with E-state index in [1.54, 1.807) is 6.92 Å². The summed E-state index contributed by atoms with van der Waals surface area (Å²) in [6.45, 7) is 3.88. The maximum absolute atomic E-state index is 11.3. The summed E-state index contributed by atoms with van der Waals surface area (Å²) < 4.78 is 4.83. The lowest BCUT2D eigenvalue weighted by molar-refractivity contribution is -0.152. The molecule has 0 saturated carbocycles. The molecule has 1 saturated heterocycles. The Kier molecular flexibility index (Phi) is 3.70. The maximum Gasteiger partial charge on any atom is 0.330 e. The number of carbonyl (C=O) groups is 2. The van der Waals surface area contributed by atoms with Crippen LogP contribution in [0.3, 0.4) is 0 Å². The van der Waals surface area contributed by atoms with Crippen LogP contribution in [0, 0.1) is 0 Å². The Balaban J connectivity index is 2.53. The van der Waals surface area contributed by atoms with Crippen LogP contribution in [0.2, 0.25) is 0 Å². The molecule has 1 fully saturated rings. The van der Waals surface area contributed by atoms with Crippen molar-refractivity contribution in [3.8, 4) is 0 Å². The molecular weight excluding hydrogens is 172 g/mol. The Bertz CT molecular complexity index is 196. The van der Waals surface area contributed by atoms with Crippen molar-refractivity contribution < 1.29 is 14.3 Å². The Morgan fingerprint density at radius 1 is 1.77 bits per heavy atom. The van der Waals surface area contributed by atoms with Crippen molar-refractivity contribution in [2.45, 2.75) is 13.0 Å². The van der Waals surface area contributed by atoms with E-state index in [-0.39, 0.29) is 5.97 Å².